The second-order valence-electron chi connectivity index (χ2n) is 4.03. The quantitative estimate of drug-likeness (QED) is 0.904. The van der Waals surface area contributed by atoms with Gasteiger partial charge in [-0.05, 0) is 30.1 Å². The van der Waals surface area contributed by atoms with Crippen LogP contribution in [-0.2, 0) is 4.74 Å². The number of fused-ring (bicyclic) bond motifs is 1. The monoisotopic (exact) mass is 265 g/mol. The Morgan fingerprint density at radius 3 is 3.12 bits per heavy atom. The highest BCUT2D eigenvalue weighted by Crippen LogP contribution is 2.37. The van der Waals surface area contributed by atoms with Crippen molar-refractivity contribution in [1.29, 1.82) is 0 Å². The van der Waals surface area contributed by atoms with E-state index < -0.39 is 0 Å². The van der Waals surface area contributed by atoms with Gasteiger partial charge in [0.15, 0.2) is 0 Å². The minimum atomic E-state index is 0.243. The van der Waals surface area contributed by atoms with Crippen LogP contribution >= 0.6 is 22.7 Å². The van der Waals surface area contributed by atoms with E-state index in [1.807, 2.05) is 22.7 Å². The molecule has 1 atom stereocenters. The molecular formula is C13H15NOS2. The molecule has 0 spiro atoms. The van der Waals surface area contributed by atoms with E-state index in [1.165, 1.54) is 14.3 Å². The molecule has 3 rings (SSSR count). The molecule has 1 aliphatic heterocycles. The maximum absolute atomic E-state index is 5.70. The van der Waals surface area contributed by atoms with Gasteiger partial charge in [-0.15, -0.1) is 22.7 Å². The van der Waals surface area contributed by atoms with Crippen molar-refractivity contribution in [2.75, 3.05) is 13.2 Å². The Balaban J connectivity index is 1.94. The molecular weight excluding hydrogens is 250 g/mol. The summed E-state index contributed by atoms with van der Waals surface area (Å²) in [6.45, 7) is 3.92. The number of hydrogen-bond acceptors (Lipinski definition) is 4. The normalized spacial score (nSPS) is 17.1. The van der Waals surface area contributed by atoms with Gasteiger partial charge in [0, 0.05) is 20.7 Å². The van der Waals surface area contributed by atoms with E-state index in [-0.39, 0.29) is 6.04 Å². The van der Waals surface area contributed by atoms with Gasteiger partial charge in [-0.25, -0.2) is 0 Å². The van der Waals surface area contributed by atoms with Gasteiger partial charge >= 0.3 is 0 Å². The van der Waals surface area contributed by atoms with Gasteiger partial charge in [-0.3, -0.25) is 0 Å². The zero-order chi connectivity index (χ0) is 11.7. The van der Waals surface area contributed by atoms with Crippen LogP contribution < -0.4 is 5.32 Å². The largest absolute Gasteiger partial charge is 0.496 e. The molecule has 0 amide bonds. The minimum absolute atomic E-state index is 0.243. The molecule has 4 heteroatoms. The van der Waals surface area contributed by atoms with Gasteiger partial charge in [0.25, 0.3) is 0 Å². The van der Waals surface area contributed by atoms with Crippen molar-refractivity contribution in [2.24, 2.45) is 0 Å². The molecule has 0 saturated heterocycles. The maximum Gasteiger partial charge on any atom is 0.114 e. The summed E-state index contributed by atoms with van der Waals surface area (Å²) >= 11 is 3.67. The molecule has 2 aromatic heterocycles. The number of ether oxygens (including phenoxy) is 1. The van der Waals surface area contributed by atoms with Crippen molar-refractivity contribution in [3.05, 3.63) is 34.2 Å². The van der Waals surface area contributed by atoms with Crippen LogP contribution in [0.2, 0.25) is 0 Å². The summed E-state index contributed by atoms with van der Waals surface area (Å²) < 4.78 is 8.47. The number of thiophene rings is 2. The van der Waals surface area contributed by atoms with E-state index in [1.54, 1.807) is 0 Å². The first-order valence-electron chi connectivity index (χ1n) is 5.91. The van der Waals surface area contributed by atoms with E-state index in [4.69, 9.17) is 4.74 Å². The fourth-order valence-corrected chi connectivity index (χ4v) is 4.31. The average molecular weight is 265 g/mol. The molecule has 17 heavy (non-hydrogen) atoms. The Labute approximate surface area is 109 Å². The molecule has 0 bridgehead atoms. The smallest absolute Gasteiger partial charge is 0.114 e. The van der Waals surface area contributed by atoms with Crippen LogP contribution in [0.15, 0.2) is 29.3 Å². The number of likely N-dealkylation sites (N-methyl/N-ethyl adjacent to an activating group) is 1. The number of rotatable bonds is 4. The summed E-state index contributed by atoms with van der Waals surface area (Å²) in [7, 11) is 0. The van der Waals surface area contributed by atoms with E-state index in [0.29, 0.717) is 0 Å². The van der Waals surface area contributed by atoms with E-state index in [9.17, 15) is 0 Å². The van der Waals surface area contributed by atoms with Crippen molar-refractivity contribution in [1.82, 2.24) is 5.32 Å². The predicted molar refractivity (Wildman–Crippen MR) is 74.8 cm³/mol. The summed E-state index contributed by atoms with van der Waals surface area (Å²) in [4.78, 5) is 1.36. The van der Waals surface area contributed by atoms with Gasteiger partial charge in [0.05, 0.1) is 12.6 Å². The first kappa shape index (κ1) is 11.3. The zero-order valence-corrected chi connectivity index (χ0v) is 11.4. The van der Waals surface area contributed by atoms with E-state index in [2.05, 4.69) is 35.8 Å². The first-order valence-corrected chi connectivity index (χ1v) is 7.61. The fourth-order valence-electron chi connectivity index (χ4n) is 2.11. The van der Waals surface area contributed by atoms with E-state index in [0.717, 1.165) is 25.3 Å². The third kappa shape index (κ3) is 2.12. The van der Waals surface area contributed by atoms with Crippen molar-refractivity contribution in [3.8, 4) is 0 Å². The highest BCUT2D eigenvalue weighted by Gasteiger charge is 2.22. The molecule has 0 saturated carbocycles. The third-order valence-corrected chi connectivity index (χ3v) is 5.03. The Bertz CT molecular complexity index is 512. The molecule has 0 aromatic carbocycles. The lowest BCUT2D eigenvalue weighted by molar-refractivity contribution is 0.217. The van der Waals surface area contributed by atoms with Crippen LogP contribution in [0.5, 0.6) is 0 Å². The second-order valence-corrected chi connectivity index (χ2v) is 6.10. The summed E-state index contributed by atoms with van der Waals surface area (Å²) in [6, 6.07) is 4.73. The molecule has 3 heterocycles. The lowest BCUT2D eigenvalue weighted by atomic mass is 10.2. The SMILES string of the molecule is CCNC(C1=CCCO1)c1cc2sccc2s1. The van der Waals surface area contributed by atoms with Crippen LogP contribution in [0.3, 0.4) is 0 Å². The summed E-state index contributed by atoms with van der Waals surface area (Å²) in [5, 5.41) is 5.66. The standard InChI is InChI=1S/C13H15NOS2/c1-2-14-13(9-4-3-6-15-9)12-8-11-10(17-12)5-7-16-11/h4-5,7-8,13-14H,2-3,6H2,1H3. The lowest BCUT2D eigenvalue weighted by Gasteiger charge is -2.17. The highest BCUT2D eigenvalue weighted by molar-refractivity contribution is 7.27. The van der Waals surface area contributed by atoms with Crippen molar-refractivity contribution in [3.63, 3.8) is 0 Å². The summed E-state index contributed by atoms with van der Waals surface area (Å²) in [5.74, 6) is 1.10. The molecule has 2 aromatic rings. The predicted octanol–water partition coefficient (Wildman–Crippen LogP) is 3.92. The Hall–Kier alpha value is -0.840. The molecule has 1 N–H and O–H groups in total. The lowest BCUT2D eigenvalue weighted by Crippen LogP contribution is -2.22. The fraction of sp³-hybridized carbons (Fsp3) is 0.385. The summed E-state index contributed by atoms with van der Waals surface area (Å²) in [6.07, 6.45) is 3.25. The van der Waals surface area contributed by atoms with Crippen LogP contribution in [0.1, 0.15) is 24.3 Å². The van der Waals surface area contributed by atoms with Crippen molar-refractivity contribution >= 4 is 32.1 Å². The molecule has 0 aliphatic carbocycles. The van der Waals surface area contributed by atoms with Gasteiger partial charge in [-0.2, -0.15) is 0 Å². The molecule has 1 aliphatic rings. The van der Waals surface area contributed by atoms with Crippen LogP contribution in [-0.4, -0.2) is 13.2 Å². The molecule has 1 unspecified atom stereocenters. The summed E-state index contributed by atoms with van der Waals surface area (Å²) in [5.41, 5.74) is 0. The molecule has 0 radical (unpaired) electrons. The second kappa shape index (κ2) is 4.80. The van der Waals surface area contributed by atoms with Crippen molar-refractivity contribution < 1.29 is 4.74 Å². The Kier molecular flexibility index (Phi) is 3.18. The van der Waals surface area contributed by atoms with Crippen LogP contribution in [0.25, 0.3) is 9.40 Å². The maximum atomic E-state index is 5.70. The molecule has 0 fully saturated rings. The van der Waals surface area contributed by atoms with Gasteiger partial charge in [0.1, 0.15) is 5.76 Å². The first-order chi connectivity index (χ1) is 8.38. The van der Waals surface area contributed by atoms with Gasteiger partial charge in [-0.1, -0.05) is 6.92 Å². The zero-order valence-electron chi connectivity index (χ0n) is 9.73. The van der Waals surface area contributed by atoms with Crippen molar-refractivity contribution in [2.45, 2.75) is 19.4 Å². The van der Waals surface area contributed by atoms with Crippen LogP contribution in [0, 0.1) is 0 Å². The highest BCUT2D eigenvalue weighted by atomic mass is 32.1. The average Bonchev–Trinajstić information content (AvgIpc) is 3.01. The Morgan fingerprint density at radius 2 is 2.41 bits per heavy atom. The van der Waals surface area contributed by atoms with E-state index >= 15 is 0 Å². The Morgan fingerprint density at radius 1 is 1.47 bits per heavy atom. The molecule has 90 valence electrons. The minimum Gasteiger partial charge on any atom is -0.496 e. The number of nitrogens with one attached hydrogen (secondary N) is 1. The van der Waals surface area contributed by atoms with Gasteiger partial charge < -0.3 is 10.1 Å². The molecule has 2 nitrogen and oxygen atoms in total. The topological polar surface area (TPSA) is 21.3 Å². The van der Waals surface area contributed by atoms with Crippen LogP contribution in [0.4, 0.5) is 0 Å². The van der Waals surface area contributed by atoms with Gasteiger partial charge in [0.2, 0.25) is 0 Å². The third-order valence-electron chi connectivity index (χ3n) is 2.87. The number of hydrogen-bond donors (Lipinski definition) is 1.